The summed E-state index contributed by atoms with van der Waals surface area (Å²) >= 11 is 6.20. The lowest BCUT2D eigenvalue weighted by Crippen LogP contribution is -2.37. The lowest BCUT2D eigenvalue weighted by Gasteiger charge is -2.25. The molecule has 0 aliphatic heterocycles. The first-order valence-electron chi connectivity index (χ1n) is 4.90. The molecule has 1 rings (SSSR count). The molecule has 0 aromatic heterocycles. The molecule has 0 bridgehead atoms. The van der Waals surface area contributed by atoms with Gasteiger partial charge in [-0.2, -0.15) is 0 Å². The number of rotatable bonds is 1. The van der Waals surface area contributed by atoms with E-state index in [-0.39, 0.29) is 5.41 Å². The molecule has 1 aromatic rings. The Morgan fingerprint density at radius 1 is 1.20 bits per heavy atom. The Morgan fingerprint density at radius 3 is 2.13 bits per heavy atom. The normalized spacial score (nSPS) is 11.7. The van der Waals surface area contributed by atoms with Gasteiger partial charge >= 0.3 is 7.12 Å². The Balaban J connectivity index is 3.49. The standard InChI is InChI=1S/C11H16BClO2/c1-7-5-6-8(12(14)15)9(10(7)13)11(2,3)4/h5-6,14-15H,1-4H3. The minimum absolute atomic E-state index is 0.206. The second kappa shape index (κ2) is 4.16. The van der Waals surface area contributed by atoms with Crippen LogP contribution in [-0.2, 0) is 5.41 Å². The van der Waals surface area contributed by atoms with Gasteiger partial charge in [-0.25, -0.2) is 0 Å². The summed E-state index contributed by atoms with van der Waals surface area (Å²) in [5.41, 5.74) is 2.03. The van der Waals surface area contributed by atoms with Crippen molar-refractivity contribution in [2.24, 2.45) is 0 Å². The van der Waals surface area contributed by atoms with Gasteiger partial charge in [0, 0.05) is 5.02 Å². The Hall–Kier alpha value is -0.505. The summed E-state index contributed by atoms with van der Waals surface area (Å²) in [4.78, 5) is 0. The molecule has 82 valence electrons. The molecule has 0 heterocycles. The smallest absolute Gasteiger partial charge is 0.423 e. The van der Waals surface area contributed by atoms with Crippen LogP contribution >= 0.6 is 11.6 Å². The molecule has 0 fully saturated rings. The van der Waals surface area contributed by atoms with E-state index in [0.717, 1.165) is 11.1 Å². The quantitative estimate of drug-likeness (QED) is 0.715. The van der Waals surface area contributed by atoms with Crippen molar-refractivity contribution in [3.8, 4) is 0 Å². The fourth-order valence-electron chi connectivity index (χ4n) is 1.67. The molecule has 0 amide bonds. The van der Waals surface area contributed by atoms with E-state index in [4.69, 9.17) is 11.6 Å². The lowest BCUT2D eigenvalue weighted by molar-refractivity contribution is 0.424. The van der Waals surface area contributed by atoms with Gasteiger partial charge in [-0.3, -0.25) is 0 Å². The molecule has 2 N–H and O–H groups in total. The van der Waals surface area contributed by atoms with E-state index in [1.807, 2.05) is 27.7 Å². The number of halogens is 1. The van der Waals surface area contributed by atoms with Gasteiger partial charge in [0.05, 0.1) is 0 Å². The highest BCUT2D eigenvalue weighted by atomic mass is 35.5. The van der Waals surface area contributed by atoms with Crippen LogP contribution in [0.1, 0.15) is 31.9 Å². The van der Waals surface area contributed by atoms with Gasteiger partial charge in [-0.1, -0.05) is 44.5 Å². The monoisotopic (exact) mass is 226 g/mol. The molecule has 15 heavy (non-hydrogen) atoms. The molecular weight excluding hydrogens is 210 g/mol. The SMILES string of the molecule is Cc1ccc(B(O)O)c(C(C)(C)C)c1Cl. The number of hydrogen-bond donors (Lipinski definition) is 2. The van der Waals surface area contributed by atoms with Crippen LogP contribution in [0.2, 0.25) is 5.02 Å². The third kappa shape index (κ3) is 2.54. The Labute approximate surface area is 96.0 Å². The molecule has 4 heteroatoms. The van der Waals surface area contributed by atoms with Crippen molar-refractivity contribution in [3.63, 3.8) is 0 Å². The van der Waals surface area contributed by atoms with Crippen molar-refractivity contribution in [1.29, 1.82) is 0 Å². The molecular formula is C11H16BClO2. The van der Waals surface area contributed by atoms with Gasteiger partial charge in [-0.15, -0.1) is 0 Å². The van der Waals surface area contributed by atoms with Gasteiger partial charge < -0.3 is 10.0 Å². The third-order valence-electron chi connectivity index (χ3n) is 2.40. The van der Waals surface area contributed by atoms with E-state index in [2.05, 4.69) is 0 Å². The zero-order valence-electron chi connectivity index (χ0n) is 9.50. The van der Waals surface area contributed by atoms with Crippen LogP contribution in [0.5, 0.6) is 0 Å². The van der Waals surface area contributed by atoms with Gasteiger partial charge in [0.15, 0.2) is 0 Å². The molecule has 0 aliphatic carbocycles. The van der Waals surface area contributed by atoms with Crippen LogP contribution in [-0.4, -0.2) is 17.2 Å². The van der Waals surface area contributed by atoms with Gasteiger partial charge in [-0.05, 0) is 28.9 Å². The van der Waals surface area contributed by atoms with Crippen molar-refractivity contribution in [2.45, 2.75) is 33.1 Å². The molecule has 0 aliphatic rings. The van der Waals surface area contributed by atoms with E-state index < -0.39 is 7.12 Å². The highest BCUT2D eigenvalue weighted by Crippen LogP contribution is 2.30. The molecule has 0 saturated carbocycles. The molecule has 0 spiro atoms. The maximum absolute atomic E-state index is 9.28. The largest absolute Gasteiger partial charge is 0.488 e. The summed E-state index contributed by atoms with van der Waals surface area (Å²) in [6.07, 6.45) is 0. The minimum atomic E-state index is -1.47. The van der Waals surface area contributed by atoms with E-state index in [0.29, 0.717) is 10.5 Å². The van der Waals surface area contributed by atoms with Crippen molar-refractivity contribution >= 4 is 24.2 Å². The Kier molecular flexibility index (Phi) is 3.49. The summed E-state index contributed by atoms with van der Waals surface area (Å²) in [7, 11) is -1.47. The maximum atomic E-state index is 9.28. The molecule has 1 aromatic carbocycles. The number of hydrogen-bond acceptors (Lipinski definition) is 2. The van der Waals surface area contributed by atoms with Gasteiger partial charge in [0.1, 0.15) is 0 Å². The highest BCUT2D eigenvalue weighted by Gasteiger charge is 2.27. The first-order valence-corrected chi connectivity index (χ1v) is 5.28. The minimum Gasteiger partial charge on any atom is -0.423 e. The fourth-order valence-corrected chi connectivity index (χ4v) is 2.13. The fraction of sp³-hybridized carbons (Fsp3) is 0.455. The molecule has 0 unspecified atom stereocenters. The van der Waals surface area contributed by atoms with Crippen molar-refractivity contribution in [1.82, 2.24) is 0 Å². The summed E-state index contributed by atoms with van der Waals surface area (Å²) in [6, 6.07) is 3.51. The Morgan fingerprint density at radius 2 is 1.73 bits per heavy atom. The topological polar surface area (TPSA) is 40.5 Å². The maximum Gasteiger partial charge on any atom is 0.488 e. The number of aryl methyl sites for hydroxylation is 1. The highest BCUT2D eigenvalue weighted by molar-refractivity contribution is 6.59. The molecule has 2 nitrogen and oxygen atoms in total. The summed E-state index contributed by atoms with van der Waals surface area (Å²) in [6.45, 7) is 7.91. The summed E-state index contributed by atoms with van der Waals surface area (Å²) < 4.78 is 0. The van der Waals surface area contributed by atoms with Gasteiger partial charge in [0.2, 0.25) is 0 Å². The third-order valence-corrected chi connectivity index (χ3v) is 2.88. The van der Waals surface area contributed by atoms with Crippen LogP contribution in [0.3, 0.4) is 0 Å². The van der Waals surface area contributed by atoms with E-state index >= 15 is 0 Å². The first-order chi connectivity index (χ1) is 6.75. The Bertz CT molecular complexity index is 370. The van der Waals surface area contributed by atoms with Crippen LogP contribution in [0.4, 0.5) is 0 Å². The molecule has 0 saturated heterocycles. The van der Waals surface area contributed by atoms with Crippen LogP contribution in [0, 0.1) is 6.92 Å². The zero-order valence-corrected chi connectivity index (χ0v) is 10.3. The van der Waals surface area contributed by atoms with Crippen LogP contribution < -0.4 is 5.46 Å². The lowest BCUT2D eigenvalue weighted by atomic mass is 9.70. The summed E-state index contributed by atoms with van der Waals surface area (Å²) in [5, 5.41) is 19.2. The zero-order chi connectivity index (χ0) is 11.8. The van der Waals surface area contributed by atoms with Crippen molar-refractivity contribution in [2.75, 3.05) is 0 Å². The molecule has 0 radical (unpaired) electrons. The predicted molar refractivity (Wildman–Crippen MR) is 64.7 cm³/mol. The second-order valence-corrected chi connectivity index (χ2v) is 5.16. The van der Waals surface area contributed by atoms with Gasteiger partial charge in [0.25, 0.3) is 0 Å². The predicted octanol–water partition coefficient (Wildman–Crippen LogP) is 1.63. The number of benzene rings is 1. The summed E-state index contributed by atoms with van der Waals surface area (Å²) in [5.74, 6) is 0. The van der Waals surface area contributed by atoms with E-state index in [1.54, 1.807) is 12.1 Å². The van der Waals surface area contributed by atoms with Crippen molar-refractivity contribution < 1.29 is 10.0 Å². The van der Waals surface area contributed by atoms with Crippen LogP contribution in [0.15, 0.2) is 12.1 Å². The first kappa shape index (κ1) is 12.6. The molecule has 0 atom stereocenters. The van der Waals surface area contributed by atoms with Crippen LogP contribution in [0.25, 0.3) is 0 Å². The van der Waals surface area contributed by atoms with Crippen molar-refractivity contribution in [3.05, 3.63) is 28.3 Å². The van der Waals surface area contributed by atoms with E-state index in [1.165, 1.54) is 0 Å². The average Bonchev–Trinajstić information content (AvgIpc) is 2.06. The second-order valence-electron chi connectivity index (χ2n) is 4.78. The van der Waals surface area contributed by atoms with E-state index in [9.17, 15) is 10.0 Å². The average molecular weight is 227 g/mol.